The molecule has 1 fully saturated rings. The average Bonchev–Trinajstić information content (AvgIpc) is 2.18. The molecule has 1 heterocycles. The van der Waals surface area contributed by atoms with Gasteiger partial charge in [0.2, 0.25) is 10.0 Å². The van der Waals surface area contributed by atoms with Gasteiger partial charge in [0, 0.05) is 13.1 Å². The van der Waals surface area contributed by atoms with Crippen LogP contribution in [0, 0.1) is 0 Å². The van der Waals surface area contributed by atoms with Gasteiger partial charge in [0.25, 0.3) is 0 Å². The summed E-state index contributed by atoms with van der Waals surface area (Å²) < 4.78 is 24.7. The van der Waals surface area contributed by atoms with Crippen LogP contribution in [0.15, 0.2) is 0 Å². The number of rotatable bonds is 4. The molecule has 0 amide bonds. The van der Waals surface area contributed by atoms with Crippen molar-refractivity contribution in [3.8, 4) is 0 Å². The Morgan fingerprint density at radius 2 is 1.87 bits per heavy atom. The second kappa shape index (κ2) is 4.91. The molecule has 0 aromatic heterocycles. The van der Waals surface area contributed by atoms with Crippen LogP contribution >= 0.6 is 0 Å². The first-order valence-corrected chi connectivity index (χ1v) is 6.50. The first kappa shape index (κ1) is 12.4. The number of carboxylic acids is 1. The van der Waals surface area contributed by atoms with Crippen LogP contribution in [0.5, 0.6) is 0 Å². The second-order valence-electron chi connectivity index (χ2n) is 3.68. The summed E-state index contributed by atoms with van der Waals surface area (Å²) in [4.78, 5) is 10.5. The van der Waals surface area contributed by atoms with E-state index in [-0.39, 0.29) is 0 Å². The Hall–Kier alpha value is -0.660. The van der Waals surface area contributed by atoms with Crippen LogP contribution in [0.1, 0.15) is 19.3 Å². The van der Waals surface area contributed by atoms with Crippen molar-refractivity contribution in [2.45, 2.75) is 25.3 Å². The number of carboxylic acid groups (broad SMARTS) is 1. The first-order chi connectivity index (χ1) is 6.93. The standard InChI is InChI=1S/C8H16N2O4S/c9-7(8(11)12)6-15(13,14)10-4-2-1-3-5-10/h7H,1-6,9H2,(H,11,12)/t7-/m0/s1. The van der Waals surface area contributed by atoms with Gasteiger partial charge >= 0.3 is 5.97 Å². The molecule has 1 aliphatic heterocycles. The minimum atomic E-state index is -3.50. The van der Waals surface area contributed by atoms with Gasteiger partial charge in [-0.3, -0.25) is 4.79 Å². The smallest absolute Gasteiger partial charge is 0.321 e. The predicted molar refractivity (Wildman–Crippen MR) is 54.8 cm³/mol. The lowest BCUT2D eigenvalue weighted by molar-refractivity contribution is -0.137. The molecule has 0 radical (unpaired) electrons. The SMILES string of the molecule is N[C@@H](CS(=O)(=O)N1CCCCC1)C(=O)O. The summed E-state index contributed by atoms with van der Waals surface area (Å²) in [6, 6.07) is -1.34. The lowest BCUT2D eigenvalue weighted by Gasteiger charge is -2.26. The van der Waals surface area contributed by atoms with E-state index < -0.39 is 27.8 Å². The van der Waals surface area contributed by atoms with E-state index in [0.717, 1.165) is 19.3 Å². The number of nitrogens with two attached hydrogens (primary N) is 1. The summed E-state index contributed by atoms with van der Waals surface area (Å²) in [5, 5.41) is 8.54. The number of hydrogen-bond donors (Lipinski definition) is 2. The van der Waals surface area contributed by atoms with Crippen LogP contribution in [0.4, 0.5) is 0 Å². The van der Waals surface area contributed by atoms with Gasteiger partial charge in [0.05, 0.1) is 5.75 Å². The molecule has 0 aromatic rings. The Morgan fingerprint density at radius 3 is 2.33 bits per heavy atom. The third-order valence-corrected chi connectivity index (χ3v) is 4.35. The maximum Gasteiger partial charge on any atom is 0.321 e. The molecule has 3 N–H and O–H groups in total. The predicted octanol–water partition coefficient (Wildman–Crippen LogP) is -0.786. The molecule has 1 saturated heterocycles. The molecule has 6 nitrogen and oxygen atoms in total. The summed E-state index contributed by atoms with van der Waals surface area (Å²) in [5.41, 5.74) is 5.20. The van der Waals surface area contributed by atoms with E-state index in [1.807, 2.05) is 0 Å². The second-order valence-corrected chi connectivity index (χ2v) is 5.70. The lowest BCUT2D eigenvalue weighted by Crippen LogP contribution is -2.45. The Kier molecular flexibility index (Phi) is 4.06. The largest absolute Gasteiger partial charge is 0.480 e. The van der Waals surface area contributed by atoms with Crippen molar-refractivity contribution in [1.82, 2.24) is 4.31 Å². The summed E-state index contributed by atoms with van der Waals surface area (Å²) in [6.07, 6.45) is 2.69. The maximum absolute atomic E-state index is 11.7. The molecule has 7 heteroatoms. The molecule has 0 spiro atoms. The van der Waals surface area contributed by atoms with Crippen molar-refractivity contribution >= 4 is 16.0 Å². The molecule has 0 saturated carbocycles. The van der Waals surface area contributed by atoms with Gasteiger partial charge in [-0.1, -0.05) is 6.42 Å². The van der Waals surface area contributed by atoms with Gasteiger partial charge in [-0.15, -0.1) is 0 Å². The minimum Gasteiger partial charge on any atom is -0.480 e. The number of hydrogen-bond acceptors (Lipinski definition) is 4. The van der Waals surface area contributed by atoms with E-state index in [9.17, 15) is 13.2 Å². The first-order valence-electron chi connectivity index (χ1n) is 4.90. The van der Waals surface area contributed by atoms with E-state index in [4.69, 9.17) is 10.8 Å². The quantitative estimate of drug-likeness (QED) is 0.666. The highest BCUT2D eigenvalue weighted by atomic mass is 32.2. The van der Waals surface area contributed by atoms with Crippen LogP contribution in [-0.4, -0.2) is 48.7 Å². The van der Waals surface area contributed by atoms with E-state index >= 15 is 0 Å². The van der Waals surface area contributed by atoms with Gasteiger partial charge in [-0.2, -0.15) is 0 Å². The number of carbonyl (C=O) groups is 1. The van der Waals surface area contributed by atoms with Gasteiger partial charge < -0.3 is 10.8 Å². The summed E-state index contributed by atoms with van der Waals surface area (Å²) in [6.45, 7) is 0.962. The molecule has 0 bridgehead atoms. The van der Waals surface area contributed by atoms with Crippen LogP contribution in [0.3, 0.4) is 0 Å². The Labute approximate surface area is 89.1 Å². The fraction of sp³-hybridized carbons (Fsp3) is 0.875. The van der Waals surface area contributed by atoms with Gasteiger partial charge in [-0.25, -0.2) is 12.7 Å². The Morgan fingerprint density at radius 1 is 1.33 bits per heavy atom. The monoisotopic (exact) mass is 236 g/mol. The summed E-state index contributed by atoms with van der Waals surface area (Å²) >= 11 is 0. The number of sulfonamides is 1. The van der Waals surface area contributed by atoms with Crippen molar-refractivity contribution in [2.75, 3.05) is 18.8 Å². The highest BCUT2D eigenvalue weighted by Crippen LogP contribution is 2.13. The van der Waals surface area contributed by atoms with Crippen molar-refractivity contribution < 1.29 is 18.3 Å². The van der Waals surface area contributed by atoms with Gasteiger partial charge in [0.15, 0.2) is 0 Å². The van der Waals surface area contributed by atoms with E-state index in [1.54, 1.807) is 0 Å². The zero-order chi connectivity index (χ0) is 11.5. The van der Waals surface area contributed by atoms with Crippen LogP contribution in [0.25, 0.3) is 0 Å². The molecule has 1 atom stereocenters. The van der Waals surface area contributed by atoms with Crippen LogP contribution in [-0.2, 0) is 14.8 Å². The third kappa shape index (κ3) is 3.44. The van der Waals surface area contributed by atoms with E-state index in [2.05, 4.69) is 0 Å². The minimum absolute atomic E-state index is 0.481. The fourth-order valence-corrected chi connectivity index (χ4v) is 3.17. The Balaban J connectivity index is 2.61. The van der Waals surface area contributed by atoms with Crippen molar-refractivity contribution in [1.29, 1.82) is 0 Å². The maximum atomic E-state index is 11.7. The van der Waals surface area contributed by atoms with Gasteiger partial charge in [-0.05, 0) is 12.8 Å². The Bertz CT molecular complexity index is 322. The average molecular weight is 236 g/mol. The van der Waals surface area contributed by atoms with Crippen LogP contribution in [0.2, 0.25) is 0 Å². The normalized spacial score (nSPS) is 21.1. The topological polar surface area (TPSA) is 101 Å². The fourth-order valence-electron chi connectivity index (χ4n) is 1.55. The number of aliphatic carboxylic acids is 1. The molecule has 1 aliphatic rings. The van der Waals surface area contributed by atoms with Crippen molar-refractivity contribution in [2.24, 2.45) is 5.73 Å². The molecule has 0 unspecified atom stereocenters. The lowest BCUT2D eigenvalue weighted by atomic mass is 10.2. The van der Waals surface area contributed by atoms with Crippen LogP contribution < -0.4 is 5.73 Å². The van der Waals surface area contributed by atoms with E-state index in [0.29, 0.717) is 13.1 Å². The molecular weight excluding hydrogens is 220 g/mol. The highest BCUT2D eigenvalue weighted by Gasteiger charge is 2.28. The summed E-state index contributed by atoms with van der Waals surface area (Å²) in [7, 11) is -3.50. The molecule has 1 rings (SSSR count). The molecule has 88 valence electrons. The molecular formula is C8H16N2O4S. The number of nitrogens with zero attached hydrogens (tertiary/aromatic N) is 1. The zero-order valence-electron chi connectivity index (χ0n) is 8.42. The van der Waals surface area contributed by atoms with Crippen molar-refractivity contribution in [3.63, 3.8) is 0 Å². The number of piperidine rings is 1. The van der Waals surface area contributed by atoms with Gasteiger partial charge in [0.1, 0.15) is 6.04 Å². The summed E-state index contributed by atoms with van der Waals surface area (Å²) in [5.74, 6) is -1.79. The van der Waals surface area contributed by atoms with E-state index in [1.165, 1.54) is 4.31 Å². The highest BCUT2D eigenvalue weighted by molar-refractivity contribution is 7.89. The molecule has 15 heavy (non-hydrogen) atoms. The zero-order valence-corrected chi connectivity index (χ0v) is 9.24. The molecule has 0 aromatic carbocycles. The molecule has 0 aliphatic carbocycles. The third-order valence-electron chi connectivity index (χ3n) is 2.42. The van der Waals surface area contributed by atoms with Crippen molar-refractivity contribution in [3.05, 3.63) is 0 Å².